The maximum Gasteiger partial charge on any atom is 0.408 e. The van der Waals surface area contributed by atoms with Crippen molar-refractivity contribution in [3.8, 4) is 5.75 Å². The van der Waals surface area contributed by atoms with E-state index in [1.165, 1.54) is 0 Å². The van der Waals surface area contributed by atoms with Crippen molar-refractivity contribution < 1.29 is 23.5 Å². The lowest BCUT2D eigenvalue weighted by Gasteiger charge is -2.23. The minimum absolute atomic E-state index is 0.175. The second-order valence-electron chi connectivity index (χ2n) is 10.2. The minimum Gasteiger partial charge on any atom is -0.444 e. The van der Waals surface area contributed by atoms with Crippen LogP contribution in [0.5, 0.6) is 5.75 Å². The molecule has 0 aliphatic heterocycles. The average molecular weight is 513 g/mol. The fraction of sp³-hybridized carbons (Fsp3) is 0.233. The van der Waals surface area contributed by atoms with E-state index in [1.807, 2.05) is 42.6 Å². The van der Waals surface area contributed by atoms with Crippen LogP contribution in [0.1, 0.15) is 31.9 Å². The first-order valence-corrected chi connectivity index (χ1v) is 12.3. The maximum absolute atomic E-state index is 13.4. The maximum atomic E-state index is 13.4. The van der Waals surface area contributed by atoms with Gasteiger partial charge in [0.1, 0.15) is 23.0 Å². The predicted molar refractivity (Wildman–Crippen MR) is 146 cm³/mol. The van der Waals surface area contributed by atoms with Crippen molar-refractivity contribution in [3.63, 3.8) is 0 Å². The average Bonchev–Trinajstić information content (AvgIpc) is 3.27. The van der Waals surface area contributed by atoms with Gasteiger partial charge in [0.2, 0.25) is 0 Å². The molecule has 0 aliphatic rings. The first kappa shape index (κ1) is 25.1. The van der Waals surface area contributed by atoms with E-state index in [0.29, 0.717) is 16.5 Å². The van der Waals surface area contributed by atoms with Crippen LogP contribution < -0.4 is 15.7 Å². The van der Waals surface area contributed by atoms with Gasteiger partial charge >= 0.3 is 17.7 Å². The third kappa shape index (κ3) is 4.98. The topological polar surface area (TPSA) is 111 Å². The fourth-order valence-corrected chi connectivity index (χ4v) is 4.51. The van der Waals surface area contributed by atoms with Crippen molar-refractivity contribution in [1.29, 1.82) is 0 Å². The summed E-state index contributed by atoms with van der Waals surface area (Å²) in [7, 11) is 0. The monoisotopic (exact) mass is 512 g/mol. The third-order valence-corrected chi connectivity index (χ3v) is 6.27. The van der Waals surface area contributed by atoms with E-state index in [0.717, 1.165) is 27.2 Å². The van der Waals surface area contributed by atoms with Crippen LogP contribution in [0.25, 0.3) is 32.6 Å². The SMILES string of the molecule is Cc1c(OC(=O)[C@H](Cc2c[nH]c3ccccc23)NC(=O)OC(C)(C)C)ccc2c1oc(=O)c1ccccc12. The molecule has 1 amide bonds. The summed E-state index contributed by atoms with van der Waals surface area (Å²) in [5.74, 6) is -0.442. The van der Waals surface area contributed by atoms with E-state index in [9.17, 15) is 14.4 Å². The Bertz CT molecular complexity index is 1740. The Morgan fingerprint density at radius 1 is 0.947 bits per heavy atom. The summed E-state index contributed by atoms with van der Waals surface area (Å²) in [6.07, 6.45) is 1.25. The summed E-state index contributed by atoms with van der Waals surface area (Å²) in [6.45, 7) is 6.96. The van der Waals surface area contributed by atoms with Crippen LogP contribution in [0.4, 0.5) is 4.79 Å². The molecule has 0 aliphatic carbocycles. The number of benzene rings is 3. The Hall–Kier alpha value is -4.59. The number of H-pyrrole nitrogens is 1. The fourth-order valence-electron chi connectivity index (χ4n) is 4.51. The van der Waals surface area contributed by atoms with Crippen molar-refractivity contribution >= 4 is 44.7 Å². The first-order chi connectivity index (χ1) is 18.1. The highest BCUT2D eigenvalue weighted by Gasteiger charge is 2.28. The molecule has 5 aromatic rings. The number of hydrogen-bond donors (Lipinski definition) is 2. The normalized spacial score (nSPS) is 12.5. The van der Waals surface area contributed by atoms with Gasteiger partial charge in [-0.2, -0.15) is 0 Å². The summed E-state index contributed by atoms with van der Waals surface area (Å²) < 4.78 is 16.8. The third-order valence-electron chi connectivity index (χ3n) is 6.27. The summed E-state index contributed by atoms with van der Waals surface area (Å²) in [5, 5.41) is 5.57. The largest absolute Gasteiger partial charge is 0.444 e. The molecule has 3 aromatic carbocycles. The zero-order valence-electron chi connectivity index (χ0n) is 21.6. The Morgan fingerprint density at radius 2 is 1.63 bits per heavy atom. The van der Waals surface area contributed by atoms with Gasteiger partial charge in [-0.3, -0.25) is 0 Å². The molecule has 2 N–H and O–H groups in total. The van der Waals surface area contributed by atoms with Crippen LogP contribution in [-0.4, -0.2) is 28.7 Å². The number of alkyl carbamates (subject to hydrolysis) is 1. The van der Waals surface area contributed by atoms with Crippen molar-refractivity contribution in [3.05, 3.63) is 88.4 Å². The van der Waals surface area contributed by atoms with Gasteiger partial charge in [-0.1, -0.05) is 36.4 Å². The lowest BCUT2D eigenvalue weighted by molar-refractivity contribution is -0.136. The van der Waals surface area contributed by atoms with Crippen molar-refractivity contribution in [2.75, 3.05) is 0 Å². The second kappa shape index (κ2) is 9.70. The van der Waals surface area contributed by atoms with Crippen LogP contribution >= 0.6 is 0 Å². The number of amides is 1. The number of para-hydroxylation sites is 1. The number of nitrogens with one attached hydrogen (secondary N) is 2. The van der Waals surface area contributed by atoms with Crippen LogP contribution in [0, 0.1) is 6.92 Å². The van der Waals surface area contributed by atoms with Crippen molar-refractivity contribution in [2.45, 2.75) is 45.8 Å². The van der Waals surface area contributed by atoms with Crippen LogP contribution in [0.3, 0.4) is 0 Å². The van der Waals surface area contributed by atoms with E-state index in [2.05, 4.69) is 10.3 Å². The van der Waals surface area contributed by atoms with Crippen LogP contribution in [0.15, 0.2) is 76.1 Å². The highest BCUT2D eigenvalue weighted by atomic mass is 16.6. The van der Waals surface area contributed by atoms with Gasteiger partial charge in [-0.05, 0) is 62.9 Å². The van der Waals surface area contributed by atoms with Gasteiger partial charge in [-0.25, -0.2) is 14.4 Å². The van der Waals surface area contributed by atoms with Gasteiger partial charge in [0.05, 0.1) is 5.39 Å². The molecule has 5 rings (SSSR count). The molecule has 0 bridgehead atoms. The number of esters is 1. The zero-order valence-corrected chi connectivity index (χ0v) is 21.6. The van der Waals surface area contributed by atoms with Crippen LogP contribution in [0.2, 0.25) is 0 Å². The van der Waals surface area contributed by atoms with Gasteiger partial charge < -0.3 is 24.2 Å². The molecule has 0 saturated carbocycles. The molecule has 0 saturated heterocycles. The molecule has 2 aromatic heterocycles. The van der Waals surface area contributed by atoms with Crippen molar-refractivity contribution in [2.24, 2.45) is 0 Å². The number of carbonyl (C=O) groups is 2. The Kier molecular flexibility index (Phi) is 6.40. The Labute approximate surface area is 218 Å². The first-order valence-electron chi connectivity index (χ1n) is 12.3. The number of carbonyl (C=O) groups excluding carboxylic acids is 2. The highest BCUT2D eigenvalue weighted by Crippen LogP contribution is 2.31. The van der Waals surface area contributed by atoms with Gasteiger partial charge in [0.15, 0.2) is 0 Å². The quantitative estimate of drug-likeness (QED) is 0.134. The summed E-state index contributed by atoms with van der Waals surface area (Å²) >= 11 is 0. The van der Waals surface area contributed by atoms with E-state index >= 15 is 0 Å². The van der Waals surface area contributed by atoms with Crippen molar-refractivity contribution in [1.82, 2.24) is 10.3 Å². The van der Waals surface area contributed by atoms with Crippen LogP contribution in [-0.2, 0) is 16.0 Å². The molecule has 1 atom stereocenters. The van der Waals surface area contributed by atoms with Gasteiger partial charge in [-0.15, -0.1) is 0 Å². The molecule has 0 radical (unpaired) electrons. The van der Waals surface area contributed by atoms with E-state index < -0.39 is 29.3 Å². The molecule has 0 fully saturated rings. The Balaban J connectivity index is 1.48. The second-order valence-corrected chi connectivity index (χ2v) is 10.2. The van der Waals surface area contributed by atoms with E-state index in [1.54, 1.807) is 52.0 Å². The van der Waals surface area contributed by atoms with Gasteiger partial charge in [0, 0.05) is 34.5 Å². The number of rotatable bonds is 5. The number of aromatic amines is 1. The van der Waals surface area contributed by atoms with E-state index in [-0.39, 0.29) is 12.2 Å². The molecule has 38 heavy (non-hydrogen) atoms. The minimum atomic E-state index is -1.04. The highest BCUT2D eigenvalue weighted by molar-refractivity contribution is 6.05. The number of ether oxygens (including phenoxy) is 2. The molecule has 0 unspecified atom stereocenters. The number of fused-ring (bicyclic) bond motifs is 4. The number of aryl methyl sites for hydroxylation is 1. The molecule has 8 heteroatoms. The summed E-state index contributed by atoms with van der Waals surface area (Å²) in [5.41, 5.74) is 1.39. The smallest absolute Gasteiger partial charge is 0.408 e. The summed E-state index contributed by atoms with van der Waals surface area (Å²) in [4.78, 5) is 41.8. The zero-order chi connectivity index (χ0) is 27.0. The molecule has 2 heterocycles. The molecule has 194 valence electrons. The molecule has 0 spiro atoms. The molecular weight excluding hydrogens is 484 g/mol. The molecular formula is C30H28N2O6. The lowest BCUT2D eigenvalue weighted by atomic mass is 10.0. The lowest BCUT2D eigenvalue weighted by Crippen LogP contribution is -2.46. The number of hydrogen-bond acceptors (Lipinski definition) is 6. The summed E-state index contributed by atoms with van der Waals surface area (Å²) in [6, 6.07) is 17.3. The standard InChI is InChI=1S/C30H28N2O6/c1-17-25(14-13-21-20-10-5-6-11-22(20)27(33)37-26(17)21)36-28(34)24(32-29(35)38-30(2,3)4)15-18-16-31-23-12-8-7-9-19(18)23/h5-14,16,24,31H,15H2,1-4H3,(H,32,35)/t24-/m0/s1. The molecule has 8 nitrogen and oxygen atoms in total. The Morgan fingerprint density at radius 3 is 2.37 bits per heavy atom. The predicted octanol–water partition coefficient (Wildman–Crippen LogP) is 5.78. The number of aromatic nitrogens is 1. The van der Waals surface area contributed by atoms with E-state index in [4.69, 9.17) is 13.9 Å². The van der Waals surface area contributed by atoms with Gasteiger partial charge in [0.25, 0.3) is 0 Å².